The fourth-order valence-corrected chi connectivity index (χ4v) is 3.54. The first-order valence-corrected chi connectivity index (χ1v) is 9.79. The zero-order valence-corrected chi connectivity index (χ0v) is 17.7. The highest BCUT2D eigenvalue weighted by Crippen LogP contribution is 2.29. The predicted octanol–water partition coefficient (Wildman–Crippen LogP) is 4.75. The van der Waals surface area contributed by atoms with Crippen LogP contribution >= 0.6 is 23.2 Å². The van der Waals surface area contributed by atoms with E-state index in [0.717, 1.165) is 5.69 Å². The van der Waals surface area contributed by atoms with E-state index in [4.69, 9.17) is 27.9 Å². The molecule has 1 aromatic carbocycles. The van der Waals surface area contributed by atoms with Gasteiger partial charge in [-0.1, -0.05) is 23.2 Å². The average molecular weight is 442 g/mol. The van der Waals surface area contributed by atoms with Crippen molar-refractivity contribution >= 4 is 45.8 Å². The van der Waals surface area contributed by atoms with Crippen molar-refractivity contribution in [1.29, 1.82) is 0 Å². The predicted molar refractivity (Wildman–Crippen MR) is 117 cm³/mol. The molecule has 0 aliphatic rings. The molecule has 7 nitrogen and oxygen atoms in total. The van der Waals surface area contributed by atoms with Crippen molar-refractivity contribution in [1.82, 2.24) is 19.7 Å². The number of benzene rings is 1. The monoisotopic (exact) mass is 441 g/mol. The highest BCUT2D eigenvalue weighted by molar-refractivity contribution is 6.39. The molecule has 4 rings (SSSR count). The van der Waals surface area contributed by atoms with E-state index in [2.05, 4.69) is 20.4 Å². The lowest BCUT2D eigenvalue weighted by atomic mass is 10.2. The van der Waals surface area contributed by atoms with Gasteiger partial charge >= 0.3 is 0 Å². The van der Waals surface area contributed by atoms with Gasteiger partial charge in [0.25, 0.3) is 5.91 Å². The molecule has 0 aliphatic heterocycles. The van der Waals surface area contributed by atoms with Gasteiger partial charge in [0.05, 0.1) is 47.2 Å². The van der Waals surface area contributed by atoms with Gasteiger partial charge in [-0.15, -0.1) is 0 Å². The van der Waals surface area contributed by atoms with E-state index in [1.54, 1.807) is 42.3 Å². The molecule has 152 valence electrons. The number of anilines is 1. The number of amides is 1. The summed E-state index contributed by atoms with van der Waals surface area (Å²) < 4.78 is 6.85. The van der Waals surface area contributed by atoms with Crippen molar-refractivity contribution in [3.63, 3.8) is 0 Å². The van der Waals surface area contributed by atoms with Crippen LogP contribution in [0.25, 0.3) is 11.0 Å². The smallest absolute Gasteiger partial charge is 0.258 e. The largest absolute Gasteiger partial charge is 0.495 e. The van der Waals surface area contributed by atoms with Crippen LogP contribution in [0.4, 0.5) is 5.69 Å². The van der Waals surface area contributed by atoms with Gasteiger partial charge in [-0.2, -0.15) is 5.10 Å². The van der Waals surface area contributed by atoms with Gasteiger partial charge in [-0.3, -0.25) is 9.78 Å². The summed E-state index contributed by atoms with van der Waals surface area (Å²) in [5.41, 5.74) is 2.93. The first-order chi connectivity index (χ1) is 14.5. The van der Waals surface area contributed by atoms with Crippen LogP contribution in [0.5, 0.6) is 5.75 Å². The third-order valence-electron chi connectivity index (χ3n) is 4.56. The van der Waals surface area contributed by atoms with Gasteiger partial charge in [0.2, 0.25) is 0 Å². The van der Waals surface area contributed by atoms with E-state index in [0.29, 0.717) is 44.8 Å². The van der Waals surface area contributed by atoms with Crippen molar-refractivity contribution in [2.45, 2.75) is 13.5 Å². The molecular weight excluding hydrogens is 425 g/mol. The number of nitrogens with one attached hydrogen (secondary N) is 1. The van der Waals surface area contributed by atoms with Crippen LogP contribution in [0.1, 0.15) is 21.7 Å². The third-order valence-corrected chi connectivity index (χ3v) is 5.21. The maximum absolute atomic E-state index is 12.7. The van der Waals surface area contributed by atoms with E-state index in [-0.39, 0.29) is 11.5 Å². The number of halogens is 2. The fraction of sp³-hybridized carbons (Fsp3) is 0.143. The molecule has 0 atom stereocenters. The van der Waals surface area contributed by atoms with Crippen LogP contribution in [-0.4, -0.2) is 32.8 Å². The molecule has 30 heavy (non-hydrogen) atoms. The maximum Gasteiger partial charge on any atom is 0.258 e. The number of hydrogen-bond acceptors (Lipinski definition) is 5. The Bertz CT molecular complexity index is 1220. The zero-order chi connectivity index (χ0) is 21.3. The molecule has 0 fully saturated rings. The van der Waals surface area contributed by atoms with Gasteiger partial charge in [0.1, 0.15) is 5.75 Å². The number of fused-ring (bicyclic) bond motifs is 1. The quantitative estimate of drug-likeness (QED) is 0.483. The number of carbonyl (C=O) groups excluding carboxylic acids is 1. The number of ether oxygens (including phenoxy) is 1. The van der Waals surface area contributed by atoms with Crippen molar-refractivity contribution in [3.05, 3.63) is 75.8 Å². The van der Waals surface area contributed by atoms with Crippen LogP contribution in [0, 0.1) is 6.92 Å². The lowest BCUT2D eigenvalue weighted by Crippen LogP contribution is -2.13. The zero-order valence-electron chi connectivity index (χ0n) is 16.2. The topological polar surface area (TPSA) is 81.9 Å². The van der Waals surface area contributed by atoms with E-state index in [1.165, 1.54) is 6.20 Å². The number of carbonyl (C=O) groups is 1. The number of methoxy groups -OCH3 is 1. The molecule has 0 aliphatic carbocycles. The van der Waals surface area contributed by atoms with Gasteiger partial charge in [-0.25, -0.2) is 9.67 Å². The van der Waals surface area contributed by atoms with Crippen LogP contribution in [0.15, 0.2) is 48.8 Å². The molecule has 0 saturated heterocycles. The van der Waals surface area contributed by atoms with E-state index in [1.807, 2.05) is 19.1 Å². The summed E-state index contributed by atoms with van der Waals surface area (Å²) in [4.78, 5) is 21.5. The summed E-state index contributed by atoms with van der Waals surface area (Å²) >= 11 is 12.5. The van der Waals surface area contributed by atoms with Crippen LogP contribution in [0.3, 0.4) is 0 Å². The molecule has 3 heterocycles. The lowest BCUT2D eigenvalue weighted by Gasteiger charge is -2.08. The normalized spacial score (nSPS) is 10.9. The van der Waals surface area contributed by atoms with E-state index < -0.39 is 0 Å². The minimum atomic E-state index is -0.360. The molecule has 4 aromatic rings. The Morgan fingerprint density at radius 1 is 1.10 bits per heavy atom. The molecule has 1 N–H and O–H groups in total. The molecule has 1 amide bonds. The maximum atomic E-state index is 12.7. The first-order valence-electron chi connectivity index (χ1n) is 9.03. The lowest BCUT2D eigenvalue weighted by molar-refractivity contribution is 0.102. The number of hydrogen-bond donors (Lipinski definition) is 1. The second-order valence-electron chi connectivity index (χ2n) is 6.58. The van der Waals surface area contributed by atoms with Crippen LogP contribution in [0.2, 0.25) is 10.0 Å². The Labute approximate surface area is 182 Å². The minimum absolute atomic E-state index is 0.268. The molecule has 0 radical (unpaired) electrons. The third kappa shape index (κ3) is 3.94. The number of aryl methyl sites for hydroxylation is 1. The Hall–Kier alpha value is -3.16. The summed E-state index contributed by atoms with van der Waals surface area (Å²) in [7, 11) is 1.59. The van der Waals surface area contributed by atoms with E-state index in [9.17, 15) is 4.79 Å². The Morgan fingerprint density at radius 2 is 1.87 bits per heavy atom. The number of nitrogens with zero attached hydrogens (tertiary/aromatic N) is 4. The summed E-state index contributed by atoms with van der Waals surface area (Å²) in [5.74, 6) is 0.318. The molecule has 9 heteroatoms. The number of pyridine rings is 2. The summed E-state index contributed by atoms with van der Waals surface area (Å²) in [6, 6.07) is 10.5. The Kier molecular flexibility index (Phi) is 5.57. The Balaban J connectivity index is 1.64. The van der Waals surface area contributed by atoms with Gasteiger partial charge in [-0.05, 0) is 43.3 Å². The highest BCUT2D eigenvalue weighted by Gasteiger charge is 2.20. The highest BCUT2D eigenvalue weighted by atomic mass is 35.5. The molecule has 0 spiro atoms. The minimum Gasteiger partial charge on any atom is -0.495 e. The fourth-order valence-electron chi connectivity index (χ4n) is 3.05. The van der Waals surface area contributed by atoms with Crippen LogP contribution in [-0.2, 0) is 6.54 Å². The second-order valence-corrected chi connectivity index (χ2v) is 7.39. The second kappa shape index (κ2) is 8.30. The van der Waals surface area contributed by atoms with Crippen molar-refractivity contribution in [3.8, 4) is 5.75 Å². The summed E-state index contributed by atoms with van der Waals surface area (Å²) in [5, 5.41) is 8.85. The van der Waals surface area contributed by atoms with E-state index >= 15 is 0 Å². The standard InChI is InChI=1S/C21H17Cl2N5O2/c1-12-18-19(23)17(21(29)26-14-5-3-13(22)4-6-14)10-25-20(18)28(27-12)11-15-7-8-16(30-2)9-24-15/h3-10H,11H2,1-2H3,(H,26,29). The summed E-state index contributed by atoms with van der Waals surface area (Å²) in [6.45, 7) is 2.24. The summed E-state index contributed by atoms with van der Waals surface area (Å²) in [6.07, 6.45) is 3.10. The number of rotatable bonds is 5. The SMILES string of the molecule is COc1ccc(Cn2nc(C)c3c(Cl)c(C(=O)Nc4ccc(Cl)cc4)cnc32)nc1. The first kappa shape index (κ1) is 20.1. The van der Waals surface area contributed by atoms with Gasteiger partial charge < -0.3 is 10.1 Å². The van der Waals surface area contributed by atoms with Crippen molar-refractivity contribution in [2.75, 3.05) is 12.4 Å². The van der Waals surface area contributed by atoms with Crippen molar-refractivity contribution < 1.29 is 9.53 Å². The molecule has 0 saturated carbocycles. The van der Waals surface area contributed by atoms with Crippen molar-refractivity contribution in [2.24, 2.45) is 0 Å². The van der Waals surface area contributed by atoms with Gasteiger partial charge in [0.15, 0.2) is 5.65 Å². The number of aromatic nitrogens is 4. The molecule has 0 unspecified atom stereocenters. The molecular formula is C21H17Cl2N5O2. The Morgan fingerprint density at radius 3 is 2.53 bits per heavy atom. The van der Waals surface area contributed by atoms with Gasteiger partial charge in [0, 0.05) is 16.9 Å². The molecule has 3 aromatic heterocycles. The average Bonchev–Trinajstić information content (AvgIpc) is 3.06. The molecule has 0 bridgehead atoms. The van der Waals surface area contributed by atoms with Crippen LogP contribution < -0.4 is 10.1 Å².